The number of benzene rings is 3. The van der Waals surface area contributed by atoms with E-state index in [1.54, 1.807) is 0 Å². The Hall–Kier alpha value is -3.21. The quantitative estimate of drug-likeness (QED) is 0.471. The molecule has 0 amide bonds. The van der Waals surface area contributed by atoms with Crippen LogP contribution < -0.4 is 4.74 Å². The lowest BCUT2D eigenvalue weighted by atomic mass is 10.0. The molecule has 0 aliphatic carbocycles. The fraction of sp³-hybridized carbons (Fsp3) is 0.174. The minimum absolute atomic E-state index is 0.0264. The number of hydrogen-bond donors (Lipinski definition) is 1. The average molecular weight is 378 g/mol. The van der Waals surface area contributed by atoms with Crippen LogP contribution in [0.1, 0.15) is 35.4 Å². The summed E-state index contributed by atoms with van der Waals surface area (Å²) in [6, 6.07) is 17.1. The van der Waals surface area contributed by atoms with E-state index in [4.69, 9.17) is 9.72 Å². The fourth-order valence-electron chi connectivity index (χ4n) is 3.17. The minimum Gasteiger partial charge on any atom is -0.489 e. The first-order valence-electron chi connectivity index (χ1n) is 9.12. The summed E-state index contributed by atoms with van der Waals surface area (Å²) >= 11 is 0. The second kappa shape index (κ2) is 7.43. The molecule has 0 spiro atoms. The summed E-state index contributed by atoms with van der Waals surface area (Å²) in [6.45, 7) is 4.11. The van der Waals surface area contributed by atoms with Crippen molar-refractivity contribution < 1.29 is 13.5 Å². The average Bonchev–Trinajstić information content (AvgIpc) is 3.11. The number of imidazole rings is 1. The monoisotopic (exact) mass is 378 g/mol. The van der Waals surface area contributed by atoms with Crippen LogP contribution in [0.5, 0.6) is 5.75 Å². The lowest BCUT2D eigenvalue weighted by Crippen LogP contribution is -2.01. The minimum atomic E-state index is -0.481. The van der Waals surface area contributed by atoms with Gasteiger partial charge in [-0.25, -0.2) is 13.8 Å². The molecule has 0 saturated carbocycles. The number of nitrogens with zero attached hydrogens (tertiary/aromatic N) is 1. The molecular weight excluding hydrogens is 358 g/mol. The van der Waals surface area contributed by atoms with Gasteiger partial charge in [0.05, 0.1) is 11.0 Å². The predicted octanol–water partition coefficient (Wildman–Crippen LogP) is 5.88. The van der Waals surface area contributed by atoms with Gasteiger partial charge >= 0.3 is 0 Å². The number of rotatable bonds is 5. The molecule has 1 aromatic heterocycles. The maximum absolute atomic E-state index is 13.7. The van der Waals surface area contributed by atoms with E-state index in [1.807, 2.05) is 37.3 Å². The summed E-state index contributed by atoms with van der Waals surface area (Å²) in [5, 5.41) is 0. The molecule has 1 heterocycles. The number of halogens is 2. The Morgan fingerprint density at radius 2 is 1.79 bits per heavy atom. The molecule has 0 aliphatic heterocycles. The molecule has 0 bridgehead atoms. The van der Waals surface area contributed by atoms with Gasteiger partial charge in [-0.3, -0.25) is 0 Å². The molecule has 142 valence electrons. The van der Waals surface area contributed by atoms with E-state index in [9.17, 15) is 8.78 Å². The van der Waals surface area contributed by atoms with E-state index < -0.39 is 11.6 Å². The van der Waals surface area contributed by atoms with Crippen molar-refractivity contribution in [2.75, 3.05) is 0 Å². The molecule has 0 saturated heterocycles. The highest BCUT2D eigenvalue weighted by molar-refractivity contribution is 5.76. The van der Waals surface area contributed by atoms with Gasteiger partial charge in [0, 0.05) is 11.5 Å². The number of ether oxygens (including phenoxy) is 1. The van der Waals surface area contributed by atoms with E-state index in [2.05, 4.69) is 24.0 Å². The number of hydrogen-bond acceptors (Lipinski definition) is 2. The molecule has 1 unspecified atom stereocenters. The van der Waals surface area contributed by atoms with Crippen LogP contribution in [0.4, 0.5) is 8.78 Å². The summed E-state index contributed by atoms with van der Waals surface area (Å²) in [6.07, 6.45) is 0. The number of H-pyrrole nitrogens is 1. The summed E-state index contributed by atoms with van der Waals surface area (Å²) in [4.78, 5) is 8.08. The lowest BCUT2D eigenvalue weighted by molar-refractivity contribution is 0.299. The van der Waals surface area contributed by atoms with Gasteiger partial charge in [0.15, 0.2) is 0 Å². The molecule has 28 heavy (non-hydrogen) atoms. The Morgan fingerprint density at radius 3 is 2.57 bits per heavy atom. The molecule has 0 aliphatic rings. The van der Waals surface area contributed by atoms with Gasteiger partial charge < -0.3 is 9.72 Å². The third-order valence-corrected chi connectivity index (χ3v) is 4.85. The van der Waals surface area contributed by atoms with Crippen molar-refractivity contribution in [3.05, 3.63) is 94.8 Å². The highest BCUT2D eigenvalue weighted by Gasteiger charge is 2.13. The predicted molar refractivity (Wildman–Crippen MR) is 105 cm³/mol. The Kier molecular flexibility index (Phi) is 4.82. The molecule has 1 N–H and O–H groups in total. The van der Waals surface area contributed by atoms with Gasteiger partial charge in [0.1, 0.15) is 29.8 Å². The van der Waals surface area contributed by atoms with Crippen LogP contribution in [0.15, 0.2) is 60.7 Å². The number of aromatic nitrogens is 2. The molecule has 0 radical (unpaired) electrons. The maximum Gasteiger partial charge on any atom is 0.130 e. The Bertz CT molecular complexity index is 1120. The highest BCUT2D eigenvalue weighted by Crippen LogP contribution is 2.26. The van der Waals surface area contributed by atoms with Crippen LogP contribution in [-0.4, -0.2) is 9.97 Å². The maximum atomic E-state index is 13.7. The first-order valence-corrected chi connectivity index (χ1v) is 9.12. The van der Waals surface area contributed by atoms with Gasteiger partial charge in [-0.1, -0.05) is 25.1 Å². The van der Waals surface area contributed by atoms with Crippen LogP contribution >= 0.6 is 0 Å². The van der Waals surface area contributed by atoms with Crippen molar-refractivity contribution in [1.29, 1.82) is 0 Å². The van der Waals surface area contributed by atoms with E-state index >= 15 is 0 Å². The van der Waals surface area contributed by atoms with Gasteiger partial charge in [0.25, 0.3) is 0 Å². The van der Waals surface area contributed by atoms with Crippen molar-refractivity contribution in [1.82, 2.24) is 9.97 Å². The zero-order valence-corrected chi connectivity index (χ0v) is 15.7. The number of fused-ring (bicyclic) bond motifs is 1. The lowest BCUT2D eigenvalue weighted by Gasteiger charge is -2.11. The van der Waals surface area contributed by atoms with Crippen molar-refractivity contribution in [2.24, 2.45) is 0 Å². The van der Waals surface area contributed by atoms with E-state index in [0.717, 1.165) is 40.6 Å². The van der Waals surface area contributed by atoms with Crippen LogP contribution in [-0.2, 0) is 6.61 Å². The molecule has 3 aromatic carbocycles. The van der Waals surface area contributed by atoms with Gasteiger partial charge in [0.2, 0.25) is 0 Å². The van der Waals surface area contributed by atoms with E-state index in [0.29, 0.717) is 5.75 Å². The number of aryl methyl sites for hydroxylation is 1. The topological polar surface area (TPSA) is 37.9 Å². The standard InChI is InChI=1S/C23H20F2N2O/c1-14-3-10-21-22(11-14)27-23(26-21)15(2)16-4-7-19(8-5-16)28-13-17-12-18(24)6-9-20(17)25/h3-12,15H,13H2,1-2H3,(H,26,27). The highest BCUT2D eigenvalue weighted by atomic mass is 19.1. The molecule has 1 atom stereocenters. The first kappa shape index (κ1) is 18.2. The van der Waals surface area contributed by atoms with Crippen LogP contribution in [0.25, 0.3) is 11.0 Å². The van der Waals surface area contributed by atoms with Gasteiger partial charge in [-0.2, -0.15) is 0 Å². The Morgan fingerprint density at radius 1 is 1.00 bits per heavy atom. The smallest absolute Gasteiger partial charge is 0.130 e. The van der Waals surface area contributed by atoms with Crippen molar-refractivity contribution >= 4 is 11.0 Å². The first-order chi connectivity index (χ1) is 13.5. The molecule has 5 heteroatoms. The van der Waals surface area contributed by atoms with Gasteiger partial charge in [-0.15, -0.1) is 0 Å². The SMILES string of the molecule is Cc1ccc2[nH]c(C(C)c3ccc(OCc4cc(F)ccc4F)cc3)nc2c1. The van der Waals surface area contributed by atoms with E-state index in [1.165, 1.54) is 5.56 Å². The third-order valence-electron chi connectivity index (χ3n) is 4.85. The zero-order valence-electron chi connectivity index (χ0n) is 15.7. The van der Waals surface area contributed by atoms with Crippen molar-refractivity contribution in [2.45, 2.75) is 26.4 Å². The summed E-state index contributed by atoms with van der Waals surface area (Å²) in [5.41, 5.74) is 4.42. The van der Waals surface area contributed by atoms with Crippen molar-refractivity contribution in [3.63, 3.8) is 0 Å². The number of aromatic amines is 1. The molecule has 4 rings (SSSR count). The van der Waals surface area contributed by atoms with Gasteiger partial charge in [-0.05, 0) is 60.5 Å². The van der Waals surface area contributed by atoms with Crippen LogP contribution in [0, 0.1) is 18.6 Å². The zero-order chi connectivity index (χ0) is 19.7. The fourth-order valence-corrected chi connectivity index (χ4v) is 3.17. The summed E-state index contributed by atoms with van der Waals surface area (Å²) in [5.74, 6) is 0.621. The van der Waals surface area contributed by atoms with Crippen LogP contribution in [0.2, 0.25) is 0 Å². The Balaban J connectivity index is 1.48. The largest absolute Gasteiger partial charge is 0.489 e. The van der Waals surface area contributed by atoms with E-state index in [-0.39, 0.29) is 18.1 Å². The molecule has 0 fully saturated rings. The second-order valence-electron chi connectivity index (χ2n) is 6.96. The third kappa shape index (κ3) is 3.74. The summed E-state index contributed by atoms with van der Waals surface area (Å²) in [7, 11) is 0. The van der Waals surface area contributed by atoms with Crippen LogP contribution in [0.3, 0.4) is 0 Å². The molecule has 3 nitrogen and oxygen atoms in total. The normalized spacial score (nSPS) is 12.3. The summed E-state index contributed by atoms with van der Waals surface area (Å²) < 4.78 is 32.5. The van der Waals surface area contributed by atoms with Crippen molar-refractivity contribution in [3.8, 4) is 5.75 Å². The second-order valence-corrected chi connectivity index (χ2v) is 6.96. The molecule has 4 aromatic rings. The Labute approximate surface area is 162 Å². The molecular formula is C23H20F2N2O. The number of nitrogens with one attached hydrogen (secondary N) is 1.